The van der Waals surface area contributed by atoms with Crippen molar-refractivity contribution in [3.8, 4) is 0 Å². The lowest BCUT2D eigenvalue weighted by Crippen LogP contribution is -2.38. The molecule has 0 saturated heterocycles. The number of hydrogen-bond donors (Lipinski definition) is 2. The third-order valence-corrected chi connectivity index (χ3v) is 5.41. The Balaban J connectivity index is 1.74. The smallest absolute Gasteiger partial charge is 0.251 e. The third kappa shape index (κ3) is 2.78. The molecule has 1 heterocycles. The predicted molar refractivity (Wildman–Crippen MR) is 86.7 cm³/mol. The zero-order valence-corrected chi connectivity index (χ0v) is 13.1. The van der Waals surface area contributed by atoms with Crippen LogP contribution < -0.4 is 10.6 Å². The van der Waals surface area contributed by atoms with E-state index in [0.717, 1.165) is 43.0 Å². The normalized spacial score (nSPS) is 27.8. The number of benzene rings is 1. The van der Waals surface area contributed by atoms with Crippen LogP contribution in [0.25, 0.3) is 0 Å². The second kappa shape index (κ2) is 6.08. The van der Waals surface area contributed by atoms with Crippen LogP contribution in [0.1, 0.15) is 55.5 Å². The van der Waals surface area contributed by atoms with Gasteiger partial charge in [-0.25, -0.2) is 0 Å². The van der Waals surface area contributed by atoms with Crippen LogP contribution in [0.3, 0.4) is 0 Å². The first-order chi connectivity index (χ1) is 10.2. The molecule has 2 N–H and O–H groups in total. The zero-order valence-electron chi connectivity index (χ0n) is 13.1. The number of fused-ring (bicyclic) bond motifs is 1. The number of amides is 1. The zero-order chi connectivity index (χ0) is 14.8. The van der Waals surface area contributed by atoms with E-state index in [1.807, 2.05) is 12.1 Å². The van der Waals surface area contributed by atoms with Crippen LogP contribution in [0, 0.1) is 11.8 Å². The van der Waals surface area contributed by atoms with Crippen LogP contribution in [-0.4, -0.2) is 18.5 Å². The summed E-state index contributed by atoms with van der Waals surface area (Å²) in [6.07, 6.45) is 5.70. The lowest BCUT2D eigenvalue weighted by Gasteiger charge is -2.24. The highest BCUT2D eigenvalue weighted by atomic mass is 16.1. The van der Waals surface area contributed by atoms with E-state index >= 15 is 0 Å². The molecule has 114 valence electrons. The van der Waals surface area contributed by atoms with E-state index in [0.29, 0.717) is 12.0 Å². The second-order valence-corrected chi connectivity index (χ2v) is 6.55. The molecule has 0 aromatic heterocycles. The molecule has 3 atom stereocenters. The van der Waals surface area contributed by atoms with Gasteiger partial charge in [-0.15, -0.1) is 0 Å². The molecular weight excluding hydrogens is 260 g/mol. The Morgan fingerprint density at radius 2 is 2.24 bits per heavy atom. The number of hydrogen-bond acceptors (Lipinski definition) is 2. The Morgan fingerprint density at radius 1 is 1.38 bits per heavy atom. The summed E-state index contributed by atoms with van der Waals surface area (Å²) < 4.78 is 0. The third-order valence-electron chi connectivity index (χ3n) is 5.41. The summed E-state index contributed by atoms with van der Waals surface area (Å²) in [5, 5.41) is 6.69. The van der Waals surface area contributed by atoms with Gasteiger partial charge in [0.25, 0.3) is 5.91 Å². The van der Waals surface area contributed by atoms with Crippen molar-refractivity contribution in [3.63, 3.8) is 0 Å². The van der Waals surface area contributed by atoms with Gasteiger partial charge in [-0.2, -0.15) is 0 Å². The van der Waals surface area contributed by atoms with E-state index in [2.05, 4.69) is 30.5 Å². The van der Waals surface area contributed by atoms with Crippen LogP contribution in [0.5, 0.6) is 0 Å². The number of rotatable bonds is 3. The molecule has 21 heavy (non-hydrogen) atoms. The maximum atomic E-state index is 12.7. The van der Waals surface area contributed by atoms with E-state index in [1.165, 1.54) is 18.4 Å². The van der Waals surface area contributed by atoms with Gasteiger partial charge in [-0.3, -0.25) is 4.79 Å². The van der Waals surface area contributed by atoms with Crippen molar-refractivity contribution < 1.29 is 4.79 Å². The predicted octanol–water partition coefficient (Wildman–Crippen LogP) is 3.60. The molecule has 1 amide bonds. The Labute approximate surface area is 127 Å². The summed E-state index contributed by atoms with van der Waals surface area (Å²) in [6.45, 7) is 5.55. The molecule has 0 spiro atoms. The molecule has 3 unspecified atom stereocenters. The fourth-order valence-electron chi connectivity index (χ4n) is 4.00. The molecule has 3 heteroatoms. The van der Waals surface area contributed by atoms with Crippen LogP contribution in [0.4, 0.5) is 5.69 Å². The SMILES string of the molecule is CCC1CCC(NC(=O)c2cccc3c2CCCN3)C1C. The van der Waals surface area contributed by atoms with E-state index in [-0.39, 0.29) is 5.91 Å². The number of carbonyl (C=O) groups excluding carboxylic acids is 1. The fraction of sp³-hybridized carbons (Fsp3) is 0.611. The van der Waals surface area contributed by atoms with Crippen molar-refractivity contribution >= 4 is 11.6 Å². The van der Waals surface area contributed by atoms with Gasteiger partial charge in [0.15, 0.2) is 0 Å². The molecule has 1 saturated carbocycles. The summed E-state index contributed by atoms with van der Waals surface area (Å²) in [4.78, 5) is 12.7. The monoisotopic (exact) mass is 286 g/mol. The van der Waals surface area contributed by atoms with Gasteiger partial charge in [0.1, 0.15) is 0 Å². The van der Waals surface area contributed by atoms with E-state index < -0.39 is 0 Å². The van der Waals surface area contributed by atoms with Crippen molar-refractivity contribution in [2.45, 2.75) is 52.0 Å². The quantitative estimate of drug-likeness (QED) is 0.891. The van der Waals surface area contributed by atoms with E-state index in [4.69, 9.17) is 0 Å². The summed E-state index contributed by atoms with van der Waals surface area (Å²) >= 11 is 0. The first-order valence-electron chi connectivity index (χ1n) is 8.37. The highest BCUT2D eigenvalue weighted by Crippen LogP contribution is 2.34. The van der Waals surface area contributed by atoms with Crippen molar-refractivity contribution in [1.82, 2.24) is 5.32 Å². The van der Waals surface area contributed by atoms with Gasteiger partial charge in [0.2, 0.25) is 0 Å². The van der Waals surface area contributed by atoms with Gasteiger partial charge in [-0.1, -0.05) is 26.3 Å². The maximum Gasteiger partial charge on any atom is 0.251 e. The summed E-state index contributed by atoms with van der Waals surface area (Å²) in [7, 11) is 0. The average Bonchev–Trinajstić information content (AvgIpc) is 2.87. The van der Waals surface area contributed by atoms with Gasteiger partial charge in [0, 0.05) is 23.8 Å². The summed E-state index contributed by atoms with van der Waals surface area (Å²) in [5.74, 6) is 1.47. The van der Waals surface area contributed by atoms with Crippen LogP contribution in [-0.2, 0) is 6.42 Å². The second-order valence-electron chi connectivity index (χ2n) is 6.55. The molecule has 3 rings (SSSR count). The topological polar surface area (TPSA) is 41.1 Å². The van der Waals surface area contributed by atoms with Crippen LogP contribution >= 0.6 is 0 Å². The first kappa shape index (κ1) is 14.4. The van der Waals surface area contributed by atoms with Gasteiger partial charge in [0.05, 0.1) is 0 Å². The van der Waals surface area contributed by atoms with E-state index in [1.54, 1.807) is 0 Å². The Morgan fingerprint density at radius 3 is 3.00 bits per heavy atom. The van der Waals surface area contributed by atoms with E-state index in [9.17, 15) is 4.79 Å². The summed E-state index contributed by atoms with van der Waals surface area (Å²) in [6, 6.07) is 6.38. The number of anilines is 1. The van der Waals surface area contributed by atoms with Crippen molar-refractivity contribution in [1.29, 1.82) is 0 Å². The van der Waals surface area contributed by atoms with Gasteiger partial charge in [-0.05, 0) is 55.2 Å². The van der Waals surface area contributed by atoms with Crippen molar-refractivity contribution in [2.24, 2.45) is 11.8 Å². The van der Waals surface area contributed by atoms with Crippen molar-refractivity contribution in [3.05, 3.63) is 29.3 Å². The standard InChI is InChI=1S/C18H26N2O/c1-3-13-9-10-16(12(13)2)20-18(21)15-6-4-8-17-14(15)7-5-11-19-17/h4,6,8,12-13,16,19H,3,5,7,9-11H2,1-2H3,(H,20,21). The molecule has 0 radical (unpaired) electrons. The molecular formula is C18H26N2O. The fourth-order valence-corrected chi connectivity index (χ4v) is 4.00. The highest BCUT2D eigenvalue weighted by Gasteiger charge is 2.33. The molecule has 1 aromatic rings. The maximum absolute atomic E-state index is 12.7. The lowest BCUT2D eigenvalue weighted by molar-refractivity contribution is 0.0925. The van der Waals surface area contributed by atoms with Crippen LogP contribution in [0.15, 0.2) is 18.2 Å². The van der Waals surface area contributed by atoms with Crippen LogP contribution in [0.2, 0.25) is 0 Å². The Bertz CT molecular complexity index is 526. The molecule has 2 aliphatic rings. The van der Waals surface area contributed by atoms with Crippen molar-refractivity contribution in [2.75, 3.05) is 11.9 Å². The minimum atomic E-state index is 0.115. The number of nitrogens with one attached hydrogen (secondary N) is 2. The minimum Gasteiger partial charge on any atom is -0.385 e. The average molecular weight is 286 g/mol. The number of carbonyl (C=O) groups is 1. The minimum absolute atomic E-state index is 0.115. The van der Waals surface area contributed by atoms with Gasteiger partial charge < -0.3 is 10.6 Å². The highest BCUT2D eigenvalue weighted by molar-refractivity contribution is 5.97. The van der Waals surface area contributed by atoms with Gasteiger partial charge >= 0.3 is 0 Å². The lowest BCUT2D eigenvalue weighted by atomic mass is 9.93. The largest absolute Gasteiger partial charge is 0.385 e. The molecule has 1 fully saturated rings. The molecule has 1 aromatic carbocycles. The first-order valence-corrected chi connectivity index (χ1v) is 8.37. The molecule has 0 bridgehead atoms. The Hall–Kier alpha value is -1.51. The summed E-state index contributed by atoms with van der Waals surface area (Å²) in [5.41, 5.74) is 3.20. The Kier molecular flexibility index (Phi) is 4.18. The molecule has 1 aliphatic heterocycles. The molecule has 3 nitrogen and oxygen atoms in total. The molecule has 1 aliphatic carbocycles.